The number of anilines is 1. The van der Waals surface area contributed by atoms with Crippen molar-refractivity contribution >= 4 is 23.5 Å². The van der Waals surface area contributed by atoms with E-state index in [1.165, 1.54) is 11.8 Å². The standard InChI is InChI=1S/C23H26N6O3S/c1-15(2)29-20(10-11-24-29)25-22(30)16(3)33-23-27-26-21(17-7-5-8-18(13-17)31-4)28(23)14-19-9-6-12-32-19/h5-13,15-16H,14H2,1-4H3,(H,25,30). The highest BCUT2D eigenvalue weighted by molar-refractivity contribution is 8.00. The summed E-state index contributed by atoms with van der Waals surface area (Å²) in [6.07, 6.45) is 3.31. The molecule has 0 saturated carbocycles. The normalized spacial score (nSPS) is 12.2. The minimum atomic E-state index is -0.418. The lowest BCUT2D eigenvalue weighted by molar-refractivity contribution is -0.115. The van der Waals surface area contributed by atoms with Gasteiger partial charge in [-0.1, -0.05) is 23.9 Å². The summed E-state index contributed by atoms with van der Waals surface area (Å²) in [5.41, 5.74) is 0.859. The van der Waals surface area contributed by atoms with Crippen molar-refractivity contribution in [3.63, 3.8) is 0 Å². The van der Waals surface area contributed by atoms with Crippen LogP contribution in [0.25, 0.3) is 11.4 Å². The van der Waals surface area contributed by atoms with Gasteiger partial charge in [0.2, 0.25) is 5.91 Å². The maximum absolute atomic E-state index is 12.9. The quantitative estimate of drug-likeness (QED) is 0.363. The molecule has 172 valence electrons. The van der Waals surface area contributed by atoms with Crippen molar-refractivity contribution in [1.82, 2.24) is 24.5 Å². The zero-order valence-corrected chi connectivity index (χ0v) is 19.7. The molecule has 1 N–H and O–H groups in total. The molecular formula is C23H26N6O3S. The van der Waals surface area contributed by atoms with Crippen molar-refractivity contribution in [3.05, 3.63) is 60.7 Å². The SMILES string of the molecule is COc1cccc(-c2nnc(SC(C)C(=O)Nc3ccnn3C(C)C)n2Cc2ccco2)c1. The van der Waals surface area contributed by atoms with E-state index in [1.807, 2.05) is 61.7 Å². The zero-order valence-electron chi connectivity index (χ0n) is 18.9. The van der Waals surface area contributed by atoms with E-state index >= 15 is 0 Å². The molecule has 1 amide bonds. The second-order valence-electron chi connectivity index (χ2n) is 7.71. The van der Waals surface area contributed by atoms with Gasteiger partial charge in [-0.15, -0.1) is 10.2 Å². The van der Waals surface area contributed by atoms with Crippen LogP contribution in [0.15, 0.2) is 64.5 Å². The monoisotopic (exact) mass is 466 g/mol. The van der Waals surface area contributed by atoms with Crippen molar-refractivity contribution in [3.8, 4) is 17.1 Å². The number of hydrogen-bond acceptors (Lipinski definition) is 7. The summed E-state index contributed by atoms with van der Waals surface area (Å²) in [4.78, 5) is 12.9. The van der Waals surface area contributed by atoms with Crippen molar-refractivity contribution in [2.75, 3.05) is 12.4 Å². The van der Waals surface area contributed by atoms with Crippen molar-refractivity contribution in [2.45, 2.75) is 43.8 Å². The highest BCUT2D eigenvalue weighted by Gasteiger charge is 2.23. The topological polar surface area (TPSA) is 100 Å². The van der Waals surface area contributed by atoms with Gasteiger partial charge in [0.25, 0.3) is 0 Å². The second-order valence-corrected chi connectivity index (χ2v) is 9.02. The minimum absolute atomic E-state index is 0.139. The van der Waals surface area contributed by atoms with E-state index in [2.05, 4.69) is 20.6 Å². The Balaban J connectivity index is 1.59. The van der Waals surface area contributed by atoms with Crippen LogP contribution in [0.2, 0.25) is 0 Å². The maximum atomic E-state index is 12.9. The Morgan fingerprint density at radius 2 is 2.03 bits per heavy atom. The average Bonchev–Trinajstić information content (AvgIpc) is 3.56. The van der Waals surface area contributed by atoms with Crippen LogP contribution >= 0.6 is 11.8 Å². The first-order valence-corrected chi connectivity index (χ1v) is 11.4. The maximum Gasteiger partial charge on any atom is 0.238 e. The fraction of sp³-hybridized carbons (Fsp3) is 0.304. The molecule has 1 unspecified atom stereocenters. The van der Waals surface area contributed by atoms with E-state index in [4.69, 9.17) is 9.15 Å². The Morgan fingerprint density at radius 1 is 1.18 bits per heavy atom. The molecule has 0 aliphatic rings. The van der Waals surface area contributed by atoms with E-state index in [-0.39, 0.29) is 11.9 Å². The Bertz CT molecular complexity index is 1210. The van der Waals surface area contributed by atoms with Crippen molar-refractivity contribution in [2.24, 2.45) is 0 Å². The number of aromatic nitrogens is 5. The third-order valence-corrected chi connectivity index (χ3v) is 6.08. The van der Waals surface area contributed by atoms with Gasteiger partial charge in [-0.25, -0.2) is 4.68 Å². The van der Waals surface area contributed by atoms with Gasteiger partial charge in [-0.2, -0.15) is 5.10 Å². The number of ether oxygens (including phenoxy) is 1. The Labute approximate surface area is 196 Å². The fourth-order valence-corrected chi connectivity index (χ4v) is 4.17. The molecular weight excluding hydrogens is 440 g/mol. The Hall–Kier alpha value is -3.53. The number of rotatable bonds is 9. The molecule has 0 fully saturated rings. The highest BCUT2D eigenvalue weighted by Crippen LogP contribution is 2.30. The number of benzene rings is 1. The third-order valence-electron chi connectivity index (χ3n) is 5.00. The molecule has 0 aliphatic carbocycles. The summed E-state index contributed by atoms with van der Waals surface area (Å²) >= 11 is 1.34. The fourth-order valence-electron chi connectivity index (χ4n) is 3.32. The zero-order chi connectivity index (χ0) is 23.4. The minimum Gasteiger partial charge on any atom is -0.497 e. The Kier molecular flexibility index (Phi) is 6.83. The van der Waals surface area contributed by atoms with Gasteiger partial charge in [0.15, 0.2) is 11.0 Å². The molecule has 33 heavy (non-hydrogen) atoms. The summed E-state index contributed by atoms with van der Waals surface area (Å²) < 4.78 is 14.6. The summed E-state index contributed by atoms with van der Waals surface area (Å²) in [7, 11) is 1.62. The smallest absolute Gasteiger partial charge is 0.238 e. The number of thioether (sulfide) groups is 1. The van der Waals surface area contributed by atoms with Crippen LogP contribution in [0.1, 0.15) is 32.6 Å². The molecule has 0 radical (unpaired) electrons. The molecule has 3 aromatic heterocycles. The molecule has 4 aromatic rings. The number of methoxy groups -OCH3 is 1. The van der Waals surface area contributed by atoms with Crippen molar-refractivity contribution in [1.29, 1.82) is 0 Å². The largest absolute Gasteiger partial charge is 0.497 e. The lowest BCUT2D eigenvalue weighted by atomic mass is 10.2. The molecule has 9 nitrogen and oxygen atoms in total. The van der Waals surface area contributed by atoms with Crippen LogP contribution < -0.4 is 10.1 Å². The molecule has 1 aromatic carbocycles. The lowest BCUT2D eigenvalue weighted by Crippen LogP contribution is -2.25. The van der Waals surface area contributed by atoms with Gasteiger partial charge >= 0.3 is 0 Å². The van der Waals surface area contributed by atoms with Crippen LogP contribution in [-0.4, -0.2) is 42.8 Å². The van der Waals surface area contributed by atoms with E-state index in [0.717, 1.165) is 17.1 Å². The van der Waals surface area contributed by atoms with Gasteiger partial charge in [0.1, 0.15) is 17.3 Å². The van der Waals surface area contributed by atoms with E-state index in [9.17, 15) is 4.79 Å². The molecule has 4 rings (SSSR count). The molecule has 3 heterocycles. The number of amides is 1. The average molecular weight is 467 g/mol. The molecule has 1 atom stereocenters. The summed E-state index contributed by atoms with van der Waals surface area (Å²) in [6.45, 7) is 6.30. The van der Waals surface area contributed by atoms with Crippen LogP contribution in [0.4, 0.5) is 5.82 Å². The first-order valence-electron chi connectivity index (χ1n) is 10.6. The van der Waals surface area contributed by atoms with Gasteiger partial charge < -0.3 is 14.5 Å². The van der Waals surface area contributed by atoms with Gasteiger partial charge in [-0.3, -0.25) is 9.36 Å². The van der Waals surface area contributed by atoms with Crippen LogP contribution in [0.5, 0.6) is 5.75 Å². The summed E-state index contributed by atoms with van der Waals surface area (Å²) in [5, 5.41) is 16.2. The molecule has 10 heteroatoms. The van der Waals surface area contributed by atoms with E-state index < -0.39 is 5.25 Å². The molecule has 0 aliphatic heterocycles. The van der Waals surface area contributed by atoms with Crippen molar-refractivity contribution < 1.29 is 13.9 Å². The van der Waals surface area contributed by atoms with Gasteiger partial charge in [0, 0.05) is 17.7 Å². The summed E-state index contributed by atoms with van der Waals surface area (Å²) in [6, 6.07) is 13.3. The predicted molar refractivity (Wildman–Crippen MR) is 126 cm³/mol. The van der Waals surface area contributed by atoms with E-state index in [0.29, 0.717) is 23.3 Å². The molecule has 0 bridgehead atoms. The number of nitrogens with one attached hydrogen (secondary N) is 1. The van der Waals surface area contributed by atoms with Gasteiger partial charge in [0.05, 0.1) is 31.4 Å². The number of furan rings is 1. The first kappa shape index (κ1) is 22.7. The number of hydrogen-bond donors (Lipinski definition) is 1. The highest BCUT2D eigenvalue weighted by atomic mass is 32.2. The number of carbonyl (C=O) groups is 1. The van der Waals surface area contributed by atoms with E-state index in [1.54, 1.807) is 30.3 Å². The number of nitrogens with zero attached hydrogens (tertiary/aromatic N) is 5. The first-order chi connectivity index (χ1) is 16.0. The molecule has 0 saturated heterocycles. The molecule has 0 spiro atoms. The predicted octanol–water partition coefficient (Wildman–Crippen LogP) is 4.49. The third kappa shape index (κ3) is 5.11. The number of carbonyl (C=O) groups excluding carboxylic acids is 1. The Morgan fingerprint density at radius 3 is 2.76 bits per heavy atom. The van der Waals surface area contributed by atoms with Gasteiger partial charge in [-0.05, 0) is 45.0 Å². The second kappa shape index (κ2) is 9.95. The lowest BCUT2D eigenvalue weighted by Gasteiger charge is -2.15. The van der Waals surface area contributed by atoms with Crippen LogP contribution in [0.3, 0.4) is 0 Å². The van der Waals surface area contributed by atoms with Crippen LogP contribution in [-0.2, 0) is 11.3 Å². The summed E-state index contributed by atoms with van der Waals surface area (Å²) in [5.74, 6) is 2.68. The van der Waals surface area contributed by atoms with Crippen LogP contribution in [0, 0.1) is 0 Å².